The van der Waals surface area contributed by atoms with E-state index in [4.69, 9.17) is 0 Å². The molecule has 0 fully saturated rings. The van der Waals surface area contributed by atoms with E-state index >= 15 is 0 Å². The van der Waals surface area contributed by atoms with Gasteiger partial charge in [0.1, 0.15) is 0 Å². The van der Waals surface area contributed by atoms with Crippen molar-refractivity contribution in [3.63, 3.8) is 0 Å². The van der Waals surface area contributed by atoms with Crippen LogP contribution in [-0.4, -0.2) is 25.5 Å². The fourth-order valence-corrected chi connectivity index (χ4v) is 2.49. The van der Waals surface area contributed by atoms with E-state index in [1.54, 1.807) is 0 Å². The fraction of sp³-hybridized carbons (Fsp3) is 0.438. The lowest BCUT2D eigenvalue weighted by atomic mass is 10.0. The molecule has 1 heterocycles. The molecule has 3 nitrogen and oxygen atoms in total. The van der Waals surface area contributed by atoms with E-state index in [9.17, 15) is 4.79 Å². The highest BCUT2D eigenvalue weighted by molar-refractivity contribution is 5.97. The van der Waals surface area contributed by atoms with Gasteiger partial charge in [-0.3, -0.25) is 4.79 Å². The smallest absolute Gasteiger partial charge is 0.251 e. The second-order valence-corrected chi connectivity index (χ2v) is 5.09. The Balaban J connectivity index is 1.89. The Morgan fingerprint density at radius 2 is 2.05 bits per heavy atom. The number of amides is 1. The average Bonchev–Trinajstić information content (AvgIpc) is 2.40. The monoisotopic (exact) mass is 258 g/mol. The molecule has 19 heavy (non-hydrogen) atoms. The van der Waals surface area contributed by atoms with Crippen LogP contribution in [-0.2, 0) is 0 Å². The summed E-state index contributed by atoms with van der Waals surface area (Å²) in [4.78, 5) is 12.2. The van der Waals surface area contributed by atoms with Gasteiger partial charge in [0.05, 0.1) is 0 Å². The number of aryl methyl sites for hydroxylation is 2. The van der Waals surface area contributed by atoms with Crippen molar-refractivity contribution in [1.82, 2.24) is 10.6 Å². The van der Waals surface area contributed by atoms with Crippen molar-refractivity contribution in [2.24, 2.45) is 0 Å². The lowest BCUT2D eigenvalue weighted by Crippen LogP contribution is -2.27. The molecule has 1 aromatic carbocycles. The third-order valence-electron chi connectivity index (χ3n) is 3.60. The zero-order chi connectivity index (χ0) is 13.7. The molecule has 0 bridgehead atoms. The first-order valence-corrected chi connectivity index (χ1v) is 6.91. The summed E-state index contributed by atoms with van der Waals surface area (Å²) in [5.41, 5.74) is 4.35. The Labute approximate surface area is 115 Å². The van der Waals surface area contributed by atoms with Gasteiger partial charge in [0, 0.05) is 18.7 Å². The highest BCUT2D eigenvalue weighted by Crippen LogP contribution is 2.13. The van der Waals surface area contributed by atoms with Gasteiger partial charge in [-0.05, 0) is 44.4 Å². The minimum atomic E-state index is 0.0464. The molecule has 1 aliphatic rings. The molecule has 0 aromatic heterocycles. The third kappa shape index (κ3) is 3.67. The van der Waals surface area contributed by atoms with Crippen LogP contribution in [0.3, 0.4) is 0 Å². The molecule has 0 atom stereocenters. The van der Waals surface area contributed by atoms with E-state index in [0.29, 0.717) is 0 Å². The van der Waals surface area contributed by atoms with Gasteiger partial charge in [-0.2, -0.15) is 0 Å². The quantitative estimate of drug-likeness (QED) is 0.814. The summed E-state index contributed by atoms with van der Waals surface area (Å²) in [6.45, 7) is 6.70. The van der Waals surface area contributed by atoms with E-state index in [-0.39, 0.29) is 5.91 Å². The van der Waals surface area contributed by atoms with E-state index in [0.717, 1.165) is 49.2 Å². The molecule has 0 radical (unpaired) electrons. The Bertz CT molecular complexity index is 471. The SMILES string of the molecule is Cc1cccc(C)c1C(=O)NCCC1=CCNCC1. The largest absolute Gasteiger partial charge is 0.352 e. The van der Waals surface area contributed by atoms with E-state index in [1.165, 1.54) is 5.57 Å². The highest BCUT2D eigenvalue weighted by atomic mass is 16.1. The fourth-order valence-electron chi connectivity index (χ4n) is 2.49. The maximum Gasteiger partial charge on any atom is 0.251 e. The maximum atomic E-state index is 12.2. The Morgan fingerprint density at radius 1 is 1.32 bits per heavy atom. The second kappa shape index (κ2) is 6.53. The van der Waals surface area contributed by atoms with Gasteiger partial charge in [-0.15, -0.1) is 0 Å². The van der Waals surface area contributed by atoms with Crippen LogP contribution >= 0.6 is 0 Å². The molecule has 102 valence electrons. The molecule has 1 amide bonds. The van der Waals surface area contributed by atoms with Crippen LogP contribution in [0.25, 0.3) is 0 Å². The van der Waals surface area contributed by atoms with Gasteiger partial charge in [0.15, 0.2) is 0 Å². The lowest BCUT2D eigenvalue weighted by Gasteiger charge is -2.15. The standard InChI is InChI=1S/C16H22N2O/c1-12-4-3-5-13(2)15(12)16(19)18-11-8-14-6-9-17-10-7-14/h3-6,17H,7-11H2,1-2H3,(H,18,19). The van der Waals surface area contributed by atoms with Gasteiger partial charge in [-0.1, -0.05) is 29.8 Å². The number of benzene rings is 1. The molecule has 0 unspecified atom stereocenters. The Morgan fingerprint density at radius 3 is 2.68 bits per heavy atom. The molecular weight excluding hydrogens is 236 g/mol. The summed E-state index contributed by atoms with van der Waals surface area (Å²) in [7, 11) is 0. The van der Waals surface area contributed by atoms with Crippen molar-refractivity contribution >= 4 is 5.91 Å². The van der Waals surface area contributed by atoms with Gasteiger partial charge in [0.2, 0.25) is 0 Å². The van der Waals surface area contributed by atoms with Crippen LogP contribution < -0.4 is 10.6 Å². The van der Waals surface area contributed by atoms with Crippen molar-refractivity contribution in [2.45, 2.75) is 26.7 Å². The number of hydrogen-bond donors (Lipinski definition) is 2. The molecule has 2 rings (SSSR count). The Hall–Kier alpha value is -1.61. The molecule has 0 saturated carbocycles. The van der Waals surface area contributed by atoms with E-state index in [1.807, 2.05) is 32.0 Å². The van der Waals surface area contributed by atoms with Gasteiger partial charge in [-0.25, -0.2) is 0 Å². The van der Waals surface area contributed by atoms with Crippen molar-refractivity contribution in [2.75, 3.05) is 19.6 Å². The first kappa shape index (κ1) is 13.8. The first-order chi connectivity index (χ1) is 9.18. The summed E-state index contributed by atoms with van der Waals surface area (Å²) in [5, 5.41) is 6.32. The lowest BCUT2D eigenvalue weighted by molar-refractivity contribution is 0.0953. The summed E-state index contributed by atoms with van der Waals surface area (Å²) in [6.07, 6.45) is 4.28. The molecular formula is C16H22N2O. The molecule has 1 aliphatic heterocycles. The predicted octanol–water partition coefficient (Wildman–Crippen LogP) is 2.34. The van der Waals surface area contributed by atoms with Crippen molar-refractivity contribution in [3.05, 3.63) is 46.5 Å². The van der Waals surface area contributed by atoms with Crippen LogP contribution in [0.15, 0.2) is 29.8 Å². The molecule has 2 N–H and O–H groups in total. The maximum absolute atomic E-state index is 12.2. The van der Waals surface area contributed by atoms with Crippen molar-refractivity contribution in [3.8, 4) is 0 Å². The number of carbonyl (C=O) groups excluding carboxylic acids is 1. The van der Waals surface area contributed by atoms with Crippen LogP contribution in [0.1, 0.15) is 34.3 Å². The summed E-state index contributed by atoms with van der Waals surface area (Å²) in [5.74, 6) is 0.0464. The molecule has 0 saturated heterocycles. The van der Waals surface area contributed by atoms with E-state index in [2.05, 4.69) is 16.7 Å². The molecule has 0 spiro atoms. The van der Waals surface area contributed by atoms with Crippen LogP contribution in [0.2, 0.25) is 0 Å². The zero-order valence-electron chi connectivity index (χ0n) is 11.8. The topological polar surface area (TPSA) is 41.1 Å². The minimum absolute atomic E-state index is 0.0464. The molecule has 1 aromatic rings. The predicted molar refractivity (Wildman–Crippen MR) is 78.4 cm³/mol. The Kier molecular flexibility index (Phi) is 4.74. The number of carbonyl (C=O) groups is 1. The molecule has 3 heteroatoms. The minimum Gasteiger partial charge on any atom is -0.352 e. The van der Waals surface area contributed by atoms with Gasteiger partial charge >= 0.3 is 0 Å². The van der Waals surface area contributed by atoms with Crippen molar-refractivity contribution < 1.29 is 4.79 Å². The van der Waals surface area contributed by atoms with Crippen LogP contribution in [0.5, 0.6) is 0 Å². The highest BCUT2D eigenvalue weighted by Gasteiger charge is 2.11. The van der Waals surface area contributed by atoms with Gasteiger partial charge < -0.3 is 10.6 Å². The summed E-state index contributed by atoms with van der Waals surface area (Å²) < 4.78 is 0. The van der Waals surface area contributed by atoms with Crippen LogP contribution in [0.4, 0.5) is 0 Å². The van der Waals surface area contributed by atoms with E-state index < -0.39 is 0 Å². The number of rotatable bonds is 4. The number of hydrogen-bond acceptors (Lipinski definition) is 2. The number of nitrogens with one attached hydrogen (secondary N) is 2. The van der Waals surface area contributed by atoms with Crippen LogP contribution in [0, 0.1) is 13.8 Å². The third-order valence-corrected chi connectivity index (χ3v) is 3.60. The second-order valence-electron chi connectivity index (χ2n) is 5.09. The van der Waals surface area contributed by atoms with Crippen molar-refractivity contribution in [1.29, 1.82) is 0 Å². The molecule has 0 aliphatic carbocycles. The summed E-state index contributed by atoms with van der Waals surface area (Å²) in [6, 6.07) is 5.95. The zero-order valence-corrected chi connectivity index (χ0v) is 11.8. The normalized spacial score (nSPS) is 14.9. The summed E-state index contributed by atoms with van der Waals surface area (Å²) >= 11 is 0. The van der Waals surface area contributed by atoms with Gasteiger partial charge in [0.25, 0.3) is 5.91 Å². The average molecular weight is 258 g/mol. The first-order valence-electron chi connectivity index (χ1n) is 6.91.